The Kier molecular flexibility index (Phi) is 5.51. The van der Waals surface area contributed by atoms with Crippen LogP contribution in [0.1, 0.15) is 17.2 Å². The van der Waals surface area contributed by atoms with Crippen molar-refractivity contribution >= 4 is 11.7 Å². The maximum atomic E-state index is 13.3. The van der Waals surface area contributed by atoms with E-state index < -0.39 is 12.3 Å². The molecule has 2 amide bonds. The molecule has 5 nitrogen and oxygen atoms in total. The third-order valence-electron chi connectivity index (χ3n) is 3.32. The lowest BCUT2D eigenvalue weighted by Crippen LogP contribution is -2.28. The Balaban J connectivity index is 2.24. The Morgan fingerprint density at radius 3 is 2.40 bits per heavy atom. The standard InChI is InChI=1S/C17H18F3N3O2/c1-11-9-13(22-16(24)23(2)3)10-21-15(11)25-14(17(18,19)20)12-7-5-4-6-8-12/h4-10,14H,1-3H3,(H,22,24). The molecule has 0 aliphatic heterocycles. The lowest BCUT2D eigenvalue weighted by molar-refractivity contribution is -0.198. The van der Waals surface area contributed by atoms with Crippen molar-refractivity contribution in [3.05, 3.63) is 53.7 Å². The number of aromatic nitrogens is 1. The fourth-order valence-corrected chi connectivity index (χ4v) is 2.05. The van der Waals surface area contributed by atoms with Crippen molar-refractivity contribution in [2.45, 2.75) is 19.2 Å². The number of amides is 2. The van der Waals surface area contributed by atoms with E-state index >= 15 is 0 Å². The summed E-state index contributed by atoms with van der Waals surface area (Å²) in [6, 6.07) is 8.48. The molecular formula is C17H18F3N3O2. The summed E-state index contributed by atoms with van der Waals surface area (Å²) in [4.78, 5) is 16.9. The van der Waals surface area contributed by atoms with Gasteiger partial charge in [0, 0.05) is 25.2 Å². The first-order chi connectivity index (χ1) is 11.7. The number of carbonyl (C=O) groups excluding carboxylic acids is 1. The Morgan fingerprint density at radius 2 is 1.88 bits per heavy atom. The number of ether oxygens (including phenoxy) is 1. The summed E-state index contributed by atoms with van der Waals surface area (Å²) in [7, 11) is 3.14. The Labute approximate surface area is 143 Å². The van der Waals surface area contributed by atoms with Gasteiger partial charge in [0.2, 0.25) is 12.0 Å². The van der Waals surface area contributed by atoms with Gasteiger partial charge in [-0.3, -0.25) is 0 Å². The van der Waals surface area contributed by atoms with Gasteiger partial charge in [0.1, 0.15) is 0 Å². The molecule has 25 heavy (non-hydrogen) atoms. The van der Waals surface area contributed by atoms with Crippen LogP contribution >= 0.6 is 0 Å². The first-order valence-electron chi connectivity index (χ1n) is 7.41. The van der Waals surface area contributed by atoms with Gasteiger partial charge in [0.05, 0.1) is 11.9 Å². The number of urea groups is 1. The number of pyridine rings is 1. The average molecular weight is 353 g/mol. The Morgan fingerprint density at radius 1 is 1.24 bits per heavy atom. The van der Waals surface area contributed by atoms with E-state index in [1.807, 2.05) is 0 Å². The maximum Gasteiger partial charge on any atom is 0.429 e. The molecule has 2 aromatic rings. The van der Waals surface area contributed by atoms with Crippen LogP contribution in [0.5, 0.6) is 5.88 Å². The third kappa shape index (κ3) is 4.85. The molecule has 0 saturated carbocycles. The third-order valence-corrected chi connectivity index (χ3v) is 3.32. The van der Waals surface area contributed by atoms with E-state index in [1.54, 1.807) is 27.1 Å². The van der Waals surface area contributed by atoms with Gasteiger partial charge in [-0.2, -0.15) is 13.2 Å². The van der Waals surface area contributed by atoms with Crippen molar-refractivity contribution < 1.29 is 22.7 Å². The fraction of sp³-hybridized carbons (Fsp3) is 0.294. The molecule has 1 N–H and O–H groups in total. The minimum Gasteiger partial charge on any atom is -0.460 e. The zero-order valence-corrected chi connectivity index (χ0v) is 14.0. The molecule has 134 valence electrons. The fourth-order valence-electron chi connectivity index (χ4n) is 2.05. The van der Waals surface area contributed by atoms with Crippen LogP contribution < -0.4 is 10.1 Å². The van der Waals surface area contributed by atoms with Gasteiger partial charge in [0.15, 0.2) is 0 Å². The van der Waals surface area contributed by atoms with Crippen LogP contribution in [-0.4, -0.2) is 36.2 Å². The predicted octanol–water partition coefficient (Wildman–Crippen LogP) is 4.17. The van der Waals surface area contributed by atoms with Crippen LogP contribution in [-0.2, 0) is 0 Å². The van der Waals surface area contributed by atoms with Crippen LogP contribution in [0.15, 0.2) is 42.6 Å². The summed E-state index contributed by atoms with van der Waals surface area (Å²) in [5, 5.41) is 2.57. The first kappa shape index (κ1) is 18.6. The summed E-state index contributed by atoms with van der Waals surface area (Å²) in [5.41, 5.74) is 0.731. The molecule has 8 heteroatoms. The number of halogens is 3. The molecular weight excluding hydrogens is 335 g/mol. The second-order valence-corrected chi connectivity index (χ2v) is 5.62. The Bertz CT molecular complexity index is 734. The highest BCUT2D eigenvalue weighted by atomic mass is 19.4. The van der Waals surface area contributed by atoms with E-state index in [0.717, 1.165) is 0 Å². The molecule has 0 radical (unpaired) electrons. The number of benzene rings is 1. The molecule has 0 aliphatic carbocycles. The second kappa shape index (κ2) is 7.42. The van der Waals surface area contributed by atoms with Gasteiger partial charge in [0.25, 0.3) is 0 Å². The number of aryl methyl sites for hydroxylation is 1. The average Bonchev–Trinajstić information content (AvgIpc) is 2.53. The molecule has 1 aromatic heterocycles. The first-order valence-corrected chi connectivity index (χ1v) is 7.41. The number of nitrogens with one attached hydrogen (secondary N) is 1. The van der Waals surface area contributed by atoms with Crippen molar-refractivity contribution in [2.24, 2.45) is 0 Å². The smallest absolute Gasteiger partial charge is 0.429 e. The van der Waals surface area contributed by atoms with Crippen molar-refractivity contribution in [1.29, 1.82) is 0 Å². The normalized spacial score (nSPS) is 12.4. The molecule has 2 rings (SSSR count). The highest BCUT2D eigenvalue weighted by Gasteiger charge is 2.43. The van der Waals surface area contributed by atoms with Gasteiger partial charge in [-0.05, 0) is 13.0 Å². The zero-order valence-electron chi connectivity index (χ0n) is 14.0. The highest BCUT2D eigenvalue weighted by Crippen LogP contribution is 2.37. The molecule has 0 fully saturated rings. The molecule has 0 aliphatic rings. The van der Waals surface area contributed by atoms with E-state index in [1.165, 1.54) is 41.4 Å². The number of nitrogens with zero attached hydrogens (tertiary/aromatic N) is 2. The highest BCUT2D eigenvalue weighted by molar-refractivity contribution is 5.88. The summed E-state index contributed by atoms with van der Waals surface area (Å²) in [5.74, 6) is -0.144. The molecule has 0 bridgehead atoms. The monoisotopic (exact) mass is 353 g/mol. The summed E-state index contributed by atoms with van der Waals surface area (Å²) in [6.45, 7) is 1.56. The van der Waals surface area contributed by atoms with Crippen molar-refractivity contribution in [3.8, 4) is 5.88 Å². The van der Waals surface area contributed by atoms with E-state index in [0.29, 0.717) is 11.3 Å². The number of alkyl halides is 3. The van der Waals surface area contributed by atoms with Crippen molar-refractivity contribution in [1.82, 2.24) is 9.88 Å². The molecule has 0 saturated heterocycles. The topological polar surface area (TPSA) is 54.5 Å². The van der Waals surface area contributed by atoms with E-state index in [9.17, 15) is 18.0 Å². The van der Waals surface area contributed by atoms with Crippen LogP contribution in [0.4, 0.5) is 23.7 Å². The summed E-state index contributed by atoms with van der Waals surface area (Å²) < 4.78 is 45.2. The van der Waals surface area contributed by atoms with Crippen LogP contribution in [0.2, 0.25) is 0 Å². The lowest BCUT2D eigenvalue weighted by atomic mass is 10.1. The van der Waals surface area contributed by atoms with E-state index in [2.05, 4.69) is 10.3 Å². The minimum absolute atomic E-state index is 0.0128. The number of carbonyl (C=O) groups is 1. The number of anilines is 1. The molecule has 0 spiro atoms. The number of rotatable bonds is 4. The largest absolute Gasteiger partial charge is 0.460 e. The van der Waals surface area contributed by atoms with Gasteiger partial charge < -0.3 is 15.0 Å². The lowest BCUT2D eigenvalue weighted by Gasteiger charge is -2.22. The van der Waals surface area contributed by atoms with Crippen LogP contribution in [0.3, 0.4) is 0 Å². The quantitative estimate of drug-likeness (QED) is 0.898. The van der Waals surface area contributed by atoms with Crippen molar-refractivity contribution in [3.63, 3.8) is 0 Å². The van der Waals surface area contributed by atoms with E-state index in [-0.39, 0.29) is 17.5 Å². The van der Waals surface area contributed by atoms with Crippen LogP contribution in [0.25, 0.3) is 0 Å². The second-order valence-electron chi connectivity index (χ2n) is 5.62. The summed E-state index contributed by atoms with van der Waals surface area (Å²) in [6.07, 6.45) is -5.46. The number of hydrogen-bond acceptors (Lipinski definition) is 3. The predicted molar refractivity (Wildman–Crippen MR) is 87.5 cm³/mol. The Hall–Kier alpha value is -2.77. The zero-order chi connectivity index (χ0) is 18.6. The SMILES string of the molecule is Cc1cc(NC(=O)N(C)C)cnc1OC(c1ccccc1)C(F)(F)F. The van der Waals surface area contributed by atoms with Gasteiger partial charge in [-0.25, -0.2) is 9.78 Å². The molecule has 1 aromatic carbocycles. The van der Waals surface area contributed by atoms with Gasteiger partial charge >= 0.3 is 12.2 Å². The number of hydrogen-bond donors (Lipinski definition) is 1. The van der Waals surface area contributed by atoms with Crippen LogP contribution in [0, 0.1) is 6.92 Å². The molecule has 1 heterocycles. The van der Waals surface area contributed by atoms with E-state index in [4.69, 9.17) is 4.74 Å². The summed E-state index contributed by atoms with van der Waals surface area (Å²) >= 11 is 0. The maximum absolute atomic E-state index is 13.3. The van der Waals surface area contributed by atoms with Gasteiger partial charge in [-0.1, -0.05) is 30.3 Å². The van der Waals surface area contributed by atoms with Crippen molar-refractivity contribution in [2.75, 3.05) is 19.4 Å². The molecule has 1 atom stereocenters. The molecule has 1 unspecified atom stereocenters. The van der Waals surface area contributed by atoms with Gasteiger partial charge in [-0.15, -0.1) is 0 Å². The minimum atomic E-state index is -4.59.